The third kappa shape index (κ3) is 4.49. The van der Waals surface area contributed by atoms with E-state index in [-0.39, 0.29) is 15.4 Å². The molecule has 0 aromatic heterocycles. The monoisotopic (exact) mass is 520 g/mol. The van der Waals surface area contributed by atoms with E-state index in [0.717, 1.165) is 21.2 Å². The van der Waals surface area contributed by atoms with Crippen LogP contribution in [0.2, 0.25) is 0 Å². The van der Waals surface area contributed by atoms with Gasteiger partial charge >= 0.3 is 0 Å². The van der Waals surface area contributed by atoms with Crippen LogP contribution in [-0.4, -0.2) is 10.6 Å². The highest BCUT2D eigenvalue weighted by molar-refractivity contribution is 9.12. The second-order valence-corrected chi connectivity index (χ2v) is 8.55. The Hall–Kier alpha value is -1.23. The summed E-state index contributed by atoms with van der Waals surface area (Å²) in [5.74, 6) is 0.0596. The van der Waals surface area contributed by atoms with Crippen LogP contribution in [0.3, 0.4) is 0 Å². The SMILES string of the molecule is O=C(c1ccc(-c2ccccc2)cc1)C(Br)C(Br)c1ccc(Br)cc1. The molecule has 0 aliphatic heterocycles. The van der Waals surface area contributed by atoms with Gasteiger partial charge < -0.3 is 0 Å². The average Bonchev–Trinajstić information content (AvgIpc) is 2.67. The molecule has 3 rings (SSSR count). The molecule has 0 N–H and O–H groups in total. The number of ketones is 1. The molecule has 1 nitrogen and oxygen atoms in total. The van der Waals surface area contributed by atoms with Crippen LogP contribution in [-0.2, 0) is 0 Å². The van der Waals surface area contributed by atoms with E-state index in [1.165, 1.54) is 0 Å². The molecule has 0 radical (unpaired) electrons. The number of carbonyl (C=O) groups excluding carboxylic acids is 1. The number of rotatable bonds is 5. The number of halogens is 3. The van der Waals surface area contributed by atoms with Gasteiger partial charge in [0.1, 0.15) is 0 Å². The zero-order valence-electron chi connectivity index (χ0n) is 13.2. The smallest absolute Gasteiger partial charge is 0.177 e. The summed E-state index contributed by atoms with van der Waals surface area (Å²) in [6.07, 6.45) is 0. The number of hydrogen-bond acceptors (Lipinski definition) is 1. The molecule has 0 aliphatic carbocycles. The Balaban J connectivity index is 1.77. The molecule has 3 aromatic rings. The summed E-state index contributed by atoms with van der Waals surface area (Å²) in [6, 6.07) is 25.9. The highest BCUT2D eigenvalue weighted by Crippen LogP contribution is 2.34. The first-order valence-electron chi connectivity index (χ1n) is 7.79. The van der Waals surface area contributed by atoms with Crippen molar-refractivity contribution >= 4 is 53.6 Å². The van der Waals surface area contributed by atoms with Gasteiger partial charge in [-0.3, -0.25) is 4.79 Å². The van der Waals surface area contributed by atoms with Gasteiger partial charge in [-0.2, -0.15) is 0 Å². The van der Waals surface area contributed by atoms with Gasteiger partial charge in [-0.05, 0) is 28.8 Å². The van der Waals surface area contributed by atoms with Crippen molar-refractivity contribution in [2.45, 2.75) is 9.65 Å². The lowest BCUT2D eigenvalue weighted by Crippen LogP contribution is -2.19. The van der Waals surface area contributed by atoms with Crippen molar-refractivity contribution in [3.63, 3.8) is 0 Å². The van der Waals surface area contributed by atoms with Crippen LogP contribution >= 0.6 is 47.8 Å². The highest BCUT2D eigenvalue weighted by Gasteiger charge is 2.26. The molecule has 0 fully saturated rings. The predicted octanol–water partition coefficient (Wildman–Crippen LogP) is 7.20. The Morgan fingerprint density at radius 3 is 1.88 bits per heavy atom. The summed E-state index contributed by atoms with van der Waals surface area (Å²) < 4.78 is 1.02. The number of Topliss-reactive ketones (excluding diaryl/α,β-unsaturated/α-hetero) is 1. The highest BCUT2D eigenvalue weighted by atomic mass is 79.9. The zero-order valence-corrected chi connectivity index (χ0v) is 18.0. The van der Waals surface area contributed by atoms with Crippen molar-refractivity contribution in [2.75, 3.05) is 0 Å². The maximum atomic E-state index is 12.8. The Morgan fingerprint density at radius 2 is 1.28 bits per heavy atom. The fraction of sp³-hybridized carbons (Fsp3) is 0.0952. The molecule has 0 spiro atoms. The topological polar surface area (TPSA) is 17.1 Å². The molecule has 2 unspecified atom stereocenters. The molecule has 0 amide bonds. The number of benzene rings is 3. The van der Waals surface area contributed by atoms with Crippen LogP contribution in [0.1, 0.15) is 20.7 Å². The van der Waals surface area contributed by atoms with Gasteiger partial charge in [-0.15, -0.1) is 0 Å². The first-order chi connectivity index (χ1) is 12.1. The van der Waals surface area contributed by atoms with Crippen molar-refractivity contribution < 1.29 is 4.79 Å². The summed E-state index contributed by atoms with van der Waals surface area (Å²) in [6.45, 7) is 0. The zero-order chi connectivity index (χ0) is 17.8. The van der Waals surface area contributed by atoms with Crippen LogP contribution in [0.5, 0.6) is 0 Å². The molecule has 0 bridgehead atoms. The average molecular weight is 523 g/mol. The Morgan fingerprint density at radius 1 is 0.720 bits per heavy atom. The molecule has 0 heterocycles. The minimum Gasteiger partial charge on any atom is -0.293 e. The quantitative estimate of drug-likeness (QED) is 0.256. The standard InChI is InChI=1S/C21H15Br3O/c22-18-12-10-16(11-13-18)19(23)20(24)21(25)17-8-6-15(7-9-17)14-4-2-1-3-5-14/h1-13,19-20H. The van der Waals surface area contributed by atoms with E-state index < -0.39 is 0 Å². The first kappa shape index (κ1) is 18.6. The van der Waals surface area contributed by atoms with Gasteiger partial charge in [0.25, 0.3) is 0 Å². The van der Waals surface area contributed by atoms with Crippen molar-refractivity contribution in [1.82, 2.24) is 0 Å². The second kappa shape index (κ2) is 8.43. The summed E-state index contributed by atoms with van der Waals surface area (Å²) >= 11 is 10.6. The van der Waals surface area contributed by atoms with Crippen LogP contribution in [0.15, 0.2) is 83.3 Å². The lowest BCUT2D eigenvalue weighted by molar-refractivity contribution is 0.0991. The third-order valence-corrected chi connectivity index (χ3v) is 7.21. The largest absolute Gasteiger partial charge is 0.293 e. The van der Waals surface area contributed by atoms with E-state index in [1.54, 1.807) is 0 Å². The molecule has 2 atom stereocenters. The Labute approximate surface area is 172 Å². The van der Waals surface area contributed by atoms with Crippen molar-refractivity contribution in [1.29, 1.82) is 0 Å². The van der Waals surface area contributed by atoms with Gasteiger partial charge in [0.05, 0.1) is 9.65 Å². The first-order valence-corrected chi connectivity index (χ1v) is 10.4. The minimum absolute atomic E-state index is 0.0596. The number of hydrogen-bond donors (Lipinski definition) is 0. The van der Waals surface area contributed by atoms with Gasteiger partial charge in [0.2, 0.25) is 0 Å². The summed E-state index contributed by atoms with van der Waals surface area (Å²) in [7, 11) is 0. The maximum Gasteiger partial charge on any atom is 0.177 e. The van der Waals surface area contributed by atoms with Crippen LogP contribution in [0.4, 0.5) is 0 Å². The molecular weight excluding hydrogens is 508 g/mol. The van der Waals surface area contributed by atoms with E-state index in [9.17, 15) is 4.79 Å². The molecule has 25 heavy (non-hydrogen) atoms. The van der Waals surface area contributed by atoms with E-state index in [4.69, 9.17) is 0 Å². The maximum absolute atomic E-state index is 12.8. The molecule has 0 saturated carbocycles. The van der Waals surface area contributed by atoms with E-state index >= 15 is 0 Å². The summed E-state index contributed by atoms with van der Waals surface area (Å²) in [4.78, 5) is 12.4. The number of alkyl halides is 2. The molecular formula is C21H15Br3O. The van der Waals surface area contributed by atoms with Crippen molar-refractivity contribution in [3.05, 3.63) is 94.5 Å². The summed E-state index contributed by atoms with van der Waals surface area (Å²) in [5, 5.41) is 0. The normalized spacial score (nSPS) is 13.2. The molecule has 4 heteroatoms. The van der Waals surface area contributed by atoms with Crippen LogP contribution < -0.4 is 0 Å². The number of carbonyl (C=O) groups is 1. The minimum atomic E-state index is -0.337. The third-order valence-electron chi connectivity index (χ3n) is 3.97. The molecule has 3 aromatic carbocycles. The van der Waals surface area contributed by atoms with E-state index in [0.29, 0.717) is 5.56 Å². The van der Waals surface area contributed by atoms with E-state index in [1.807, 2.05) is 66.7 Å². The van der Waals surface area contributed by atoms with Crippen LogP contribution in [0.25, 0.3) is 11.1 Å². The van der Waals surface area contributed by atoms with Crippen molar-refractivity contribution in [3.8, 4) is 11.1 Å². The van der Waals surface area contributed by atoms with Gasteiger partial charge in [-0.25, -0.2) is 0 Å². The van der Waals surface area contributed by atoms with Gasteiger partial charge in [0, 0.05) is 10.0 Å². The fourth-order valence-corrected chi connectivity index (χ4v) is 3.94. The van der Waals surface area contributed by atoms with E-state index in [2.05, 4.69) is 59.9 Å². The predicted molar refractivity (Wildman–Crippen MR) is 115 cm³/mol. The molecule has 0 saturated heterocycles. The lowest BCUT2D eigenvalue weighted by atomic mass is 9.99. The van der Waals surface area contributed by atoms with Gasteiger partial charge in [0.15, 0.2) is 5.78 Å². The van der Waals surface area contributed by atoms with Crippen molar-refractivity contribution in [2.24, 2.45) is 0 Å². The Bertz CT molecular complexity index is 843. The Kier molecular flexibility index (Phi) is 6.26. The summed E-state index contributed by atoms with van der Waals surface area (Å²) in [5.41, 5.74) is 4.00. The van der Waals surface area contributed by atoms with Crippen LogP contribution in [0, 0.1) is 0 Å². The molecule has 0 aliphatic rings. The fourth-order valence-electron chi connectivity index (χ4n) is 2.57. The second-order valence-electron chi connectivity index (χ2n) is 5.66. The lowest BCUT2D eigenvalue weighted by Gasteiger charge is -2.16. The molecule has 126 valence electrons. The van der Waals surface area contributed by atoms with Gasteiger partial charge in [-0.1, -0.05) is 115 Å².